The molecule has 0 saturated carbocycles. The molecule has 0 spiro atoms. The number of nitro groups is 1. The van der Waals surface area contributed by atoms with E-state index >= 15 is 0 Å². The van der Waals surface area contributed by atoms with Gasteiger partial charge in [-0.1, -0.05) is 11.6 Å². The second-order valence-corrected chi connectivity index (χ2v) is 6.80. The molecule has 0 unspecified atom stereocenters. The van der Waals surface area contributed by atoms with Crippen molar-refractivity contribution in [3.8, 4) is 0 Å². The van der Waals surface area contributed by atoms with E-state index in [0.717, 1.165) is 17.0 Å². The molecule has 0 aliphatic rings. The molecule has 0 bridgehead atoms. The van der Waals surface area contributed by atoms with Crippen molar-refractivity contribution < 1.29 is 14.1 Å². The topological polar surface area (TPSA) is 97.2 Å². The van der Waals surface area contributed by atoms with Crippen LogP contribution in [-0.4, -0.2) is 15.7 Å². The molecule has 2 rings (SSSR count). The highest BCUT2D eigenvalue weighted by Gasteiger charge is 2.18. The zero-order chi connectivity index (χ0) is 18.6. The number of nitro benzene ring substituents is 1. The van der Waals surface area contributed by atoms with Gasteiger partial charge in [-0.2, -0.15) is 4.39 Å². The van der Waals surface area contributed by atoms with Crippen LogP contribution in [-0.2, 0) is 11.3 Å². The van der Waals surface area contributed by atoms with E-state index in [0.29, 0.717) is 22.4 Å². The first-order valence-electron chi connectivity index (χ1n) is 7.04. The van der Waals surface area contributed by atoms with Gasteiger partial charge in [0.25, 0.3) is 0 Å². The molecule has 0 radical (unpaired) electrons. The molecule has 1 heterocycles. The summed E-state index contributed by atoms with van der Waals surface area (Å²) in [7, 11) is 0. The van der Waals surface area contributed by atoms with Gasteiger partial charge in [0.2, 0.25) is 5.82 Å². The third-order valence-electron chi connectivity index (χ3n) is 3.01. The first-order chi connectivity index (χ1) is 11.8. The van der Waals surface area contributed by atoms with Gasteiger partial charge in [-0.3, -0.25) is 14.9 Å². The number of nitrogens with zero attached hydrogens (tertiary/aromatic N) is 2. The van der Waals surface area contributed by atoms with Crippen LogP contribution >= 0.6 is 22.9 Å². The fourth-order valence-corrected chi connectivity index (χ4v) is 2.97. The molecule has 0 aliphatic heterocycles. The highest BCUT2D eigenvalue weighted by atomic mass is 35.5. The lowest BCUT2D eigenvalue weighted by Crippen LogP contribution is -2.06. The van der Waals surface area contributed by atoms with E-state index in [1.807, 2.05) is 0 Å². The molecule has 1 aromatic heterocycles. The van der Waals surface area contributed by atoms with Crippen molar-refractivity contribution >= 4 is 45.8 Å². The fraction of sp³-hybridized carbons (Fsp3) is 0.200. The SMILES string of the molecule is CC(=O)C=C(C)Nc1cc(F)c([N+](=O)[O-])cc1NCc1cnc(Cl)s1. The number of halogens is 2. The molecule has 10 heteroatoms. The van der Waals surface area contributed by atoms with E-state index in [9.17, 15) is 19.3 Å². The number of thiazole rings is 1. The van der Waals surface area contributed by atoms with E-state index in [4.69, 9.17) is 11.6 Å². The number of ketones is 1. The fourth-order valence-electron chi connectivity index (χ4n) is 2.05. The summed E-state index contributed by atoms with van der Waals surface area (Å²) >= 11 is 7.02. The Balaban J connectivity index is 2.33. The molecule has 1 aromatic carbocycles. The van der Waals surface area contributed by atoms with Crippen molar-refractivity contribution in [2.24, 2.45) is 0 Å². The molecule has 7 nitrogen and oxygen atoms in total. The maximum Gasteiger partial charge on any atom is 0.307 e. The summed E-state index contributed by atoms with van der Waals surface area (Å²) in [5.74, 6) is -1.16. The Morgan fingerprint density at radius 3 is 2.72 bits per heavy atom. The molecule has 25 heavy (non-hydrogen) atoms. The summed E-state index contributed by atoms with van der Waals surface area (Å²) < 4.78 is 14.3. The average Bonchev–Trinajstić information content (AvgIpc) is 2.90. The molecule has 0 atom stereocenters. The standard InChI is InChI=1S/C15H14ClFN4O3S/c1-8(3-9(2)22)20-13-4-11(17)14(21(23)24)5-12(13)18-6-10-7-19-15(16)25-10/h3-5,7,18,20H,6H2,1-2H3. The van der Waals surface area contributed by atoms with Crippen molar-refractivity contribution in [3.05, 3.63) is 55.4 Å². The molecular formula is C15H14ClFN4O3S. The van der Waals surface area contributed by atoms with Gasteiger partial charge in [-0.25, -0.2) is 4.98 Å². The van der Waals surface area contributed by atoms with E-state index in [1.165, 1.54) is 24.3 Å². The summed E-state index contributed by atoms with van der Waals surface area (Å²) in [6.45, 7) is 3.32. The van der Waals surface area contributed by atoms with Crippen LogP contribution in [0.4, 0.5) is 21.5 Å². The van der Waals surface area contributed by atoms with E-state index in [1.54, 1.807) is 13.1 Å². The van der Waals surface area contributed by atoms with Gasteiger partial charge in [0.1, 0.15) is 0 Å². The third-order valence-corrected chi connectivity index (χ3v) is 4.13. The van der Waals surface area contributed by atoms with Crippen molar-refractivity contribution in [2.75, 3.05) is 10.6 Å². The quantitative estimate of drug-likeness (QED) is 0.418. The predicted octanol–water partition coefficient (Wildman–Crippen LogP) is 4.36. The largest absolute Gasteiger partial charge is 0.378 e. The number of rotatable bonds is 7. The molecule has 0 aliphatic carbocycles. The zero-order valence-electron chi connectivity index (χ0n) is 13.3. The average molecular weight is 385 g/mol. The monoisotopic (exact) mass is 384 g/mol. The molecule has 0 amide bonds. The van der Waals surface area contributed by atoms with Crippen LogP contribution in [0.25, 0.3) is 0 Å². The van der Waals surface area contributed by atoms with Gasteiger partial charge in [0.05, 0.1) is 22.8 Å². The van der Waals surface area contributed by atoms with Crippen LogP contribution in [0.2, 0.25) is 4.47 Å². The Morgan fingerprint density at radius 2 is 2.16 bits per heavy atom. The van der Waals surface area contributed by atoms with E-state index < -0.39 is 16.4 Å². The number of anilines is 2. The first kappa shape index (κ1) is 18.8. The molecule has 132 valence electrons. The Labute approximate surface area is 151 Å². The normalized spacial score (nSPS) is 11.3. The number of allylic oxidation sites excluding steroid dienone is 2. The highest BCUT2D eigenvalue weighted by molar-refractivity contribution is 7.15. The van der Waals surface area contributed by atoms with Crippen molar-refractivity contribution in [2.45, 2.75) is 20.4 Å². The number of carbonyl (C=O) groups excluding carboxylic acids is 1. The molecule has 2 N–H and O–H groups in total. The summed E-state index contributed by atoms with van der Waals surface area (Å²) in [5, 5.41) is 16.8. The Hall–Kier alpha value is -2.52. The smallest absolute Gasteiger partial charge is 0.307 e. The summed E-state index contributed by atoms with van der Waals surface area (Å²) in [6.07, 6.45) is 2.91. The number of benzene rings is 1. The van der Waals surface area contributed by atoms with Crippen LogP contribution in [0.3, 0.4) is 0 Å². The number of hydrogen-bond donors (Lipinski definition) is 2. The number of nitrogens with one attached hydrogen (secondary N) is 2. The number of aromatic nitrogens is 1. The number of carbonyl (C=O) groups is 1. The van der Waals surface area contributed by atoms with Gasteiger partial charge in [0, 0.05) is 28.9 Å². The summed E-state index contributed by atoms with van der Waals surface area (Å²) in [6, 6.07) is 2.11. The number of hydrogen-bond acceptors (Lipinski definition) is 7. The molecule has 0 saturated heterocycles. The van der Waals surface area contributed by atoms with Gasteiger partial charge in [0.15, 0.2) is 10.3 Å². The Bertz CT molecular complexity index is 853. The van der Waals surface area contributed by atoms with Gasteiger partial charge in [-0.15, -0.1) is 11.3 Å². The predicted molar refractivity (Wildman–Crippen MR) is 95.6 cm³/mol. The Morgan fingerprint density at radius 1 is 1.44 bits per heavy atom. The lowest BCUT2D eigenvalue weighted by Gasteiger charge is -2.14. The highest BCUT2D eigenvalue weighted by Crippen LogP contribution is 2.32. The second kappa shape index (κ2) is 8.04. The van der Waals surface area contributed by atoms with E-state index in [-0.39, 0.29) is 11.5 Å². The second-order valence-electron chi connectivity index (χ2n) is 5.10. The Kier molecular flexibility index (Phi) is 6.05. The molecular weight excluding hydrogens is 371 g/mol. The van der Waals surface area contributed by atoms with Gasteiger partial charge < -0.3 is 10.6 Å². The lowest BCUT2D eigenvalue weighted by atomic mass is 10.2. The van der Waals surface area contributed by atoms with Gasteiger partial charge in [-0.05, 0) is 19.9 Å². The summed E-state index contributed by atoms with van der Waals surface area (Å²) in [5.41, 5.74) is 0.413. The van der Waals surface area contributed by atoms with Crippen LogP contribution in [0.1, 0.15) is 18.7 Å². The molecule has 2 aromatic rings. The zero-order valence-corrected chi connectivity index (χ0v) is 14.9. The lowest BCUT2D eigenvalue weighted by molar-refractivity contribution is -0.387. The minimum Gasteiger partial charge on any atom is -0.378 e. The van der Waals surface area contributed by atoms with Crippen LogP contribution < -0.4 is 10.6 Å². The maximum absolute atomic E-state index is 13.9. The van der Waals surface area contributed by atoms with Crippen LogP contribution in [0, 0.1) is 15.9 Å². The van der Waals surface area contributed by atoms with Crippen LogP contribution in [0.15, 0.2) is 30.1 Å². The van der Waals surface area contributed by atoms with E-state index in [2.05, 4.69) is 15.6 Å². The van der Waals surface area contributed by atoms with Crippen molar-refractivity contribution in [1.29, 1.82) is 0 Å². The maximum atomic E-state index is 13.9. The van der Waals surface area contributed by atoms with Crippen LogP contribution in [0.5, 0.6) is 0 Å². The van der Waals surface area contributed by atoms with Crippen molar-refractivity contribution in [3.63, 3.8) is 0 Å². The third kappa shape index (κ3) is 5.23. The van der Waals surface area contributed by atoms with Gasteiger partial charge >= 0.3 is 5.69 Å². The minimum atomic E-state index is -0.977. The first-order valence-corrected chi connectivity index (χ1v) is 8.23. The minimum absolute atomic E-state index is 0.179. The molecule has 0 fully saturated rings. The summed E-state index contributed by atoms with van der Waals surface area (Å²) in [4.78, 5) is 26.0. The van der Waals surface area contributed by atoms with Crippen molar-refractivity contribution in [1.82, 2.24) is 4.98 Å².